The second kappa shape index (κ2) is 9.99. The standard InChI is InChI=1S/C26H23ClN2OS/c1-31-23-15-11-21(12-16-23)26-24(20-9-13-22(27)14-10-20)18-25(30)29(28-26)17-5-8-19-6-3-2-4-7-19/h2-4,6-7,9-16,18H,5,8,17H2,1H3. The quantitative estimate of drug-likeness (QED) is 0.300. The molecule has 0 saturated heterocycles. The average molecular weight is 447 g/mol. The fourth-order valence-corrected chi connectivity index (χ4v) is 4.07. The number of rotatable bonds is 7. The minimum absolute atomic E-state index is 0.0949. The van der Waals surface area contributed by atoms with Crippen LogP contribution < -0.4 is 5.56 Å². The maximum absolute atomic E-state index is 12.9. The zero-order valence-corrected chi connectivity index (χ0v) is 18.9. The first-order valence-electron chi connectivity index (χ1n) is 10.2. The highest BCUT2D eigenvalue weighted by Crippen LogP contribution is 2.31. The van der Waals surface area contributed by atoms with Crippen molar-refractivity contribution in [1.82, 2.24) is 9.78 Å². The van der Waals surface area contributed by atoms with E-state index in [2.05, 4.69) is 42.7 Å². The van der Waals surface area contributed by atoms with E-state index in [1.54, 1.807) is 22.5 Å². The van der Waals surface area contributed by atoms with Gasteiger partial charge in [-0.05, 0) is 54.5 Å². The normalized spacial score (nSPS) is 10.9. The molecular weight excluding hydrogens is 424 g/mol. The monoisotopic (exact) mass is 446 g/mol. The minimum atomic E-state index is -0.0949. The van der Waals surface area contributed by atoms with E-state index in [1.165, 1.54) is 10.5 Å². The van der Waals surface area contributed by atoms with Crippen molar-refractivity contribution in [3.63, 3.8) is 0 Å². The summed E-state index contributed by atoms with van der Waals surface area (Å²) in [7, 11) is 0. The van der Waals surface area contributed by atoms with Gasteiger partial charge in [0, 0.05) is 33.7 Å². The van der Waals surface area contributed by atoms with Crippen molar-refractivity contribution in [3.05, 3.63) is 106 Å². The molecule has 5 heteroatoms. The van der Waals surface area contributed by atoms with E-state index in [0.717, 1.165) is 35.2 Å². The number of halogens is 1. The Hall–Kier alpha value is -2.82. The highest BCUT2D eigenvalue weighted by Gasteiger charge is 2.13. The van der Waals surface area contributed by atoms with Gasteiger partial charge >= 0.3 is 0 Å². The Morgan fingerprint density at radius 1 is 0.903 bits per heavy atom. The lowest BCUT2D eigenvalue weighted by molar-refractivity contribution is 0.551. The highest BCUT2D eigenvalue weighted by molar-refractivity contribution is 7.98. The molecule has 0 amide bonds. The van der Waals surface area contributed by atoms with Crippen LogP contribution in [0.2, 0.25) is 5.02 Å². The van der Waals surface area contributed by atoms with Crippen LogP contribution in [-0.2, 0) is 13.0 Å². The summed E-state index contributed by atoms with van der Waals surface area (Å²) in [6.45, 7) is 0.574. The molecule has 0 saturated carbocycles. The molecule has 1 aromatic heterocycles. The first-order valence-corrected chi connectivity index (χ1v) is 11.8. The summed E-state index contributed by atoms with van der Waals surface area (Å²) >= 11 is 7.77. The van der Waals surface area contributed by atoms with Gasteiger partial charge in [-0.25, -0.2) is 4.68 Å². The van der Waals surface area contributed by atoms with E-state index in [-0.39, 0.29) is 5.56 Å². The largest absolute Gasteiger partial charge is 0.268 e. The molecule has 0 aliphatic rings. The van der Waals surface area contributed by atoms with Crippen LogP contribution in [0.25, 0.3) is 22.4 Å². The summed E-state index contributed by atoms with van der Waals surface area (Å²) in [4.78, 5) is 14.1. The van der Waals surface area contributed by atoms with Gasteiger partial charge in [-0.15, -0.1) is 11.8 Å². The summed E-state index contributed by atoms with van der Waals surface area (Å²) in [6.07, 6.45) is 3.81. The third-order valence-corrected chi connectivity index (χ3v) is 6.19. The molecular formula is C26H23ClN2OS. The van der Waals surface area contributed by atoms with Crippen LogP contribution in [0, 0.1) is 0 Å². The molecule has 3 nitrogen and oxygen atoms in total. The van der Waals surface area contributed by atoms with Crippen molar-refractivity contribution < 1.29 is 0 Å². The number of aromatic nitrogens is 2. The Kier molecular flexibility index (Phi) is 6.90. The third-order valence-electron chi connectivity index (χ3n) is 5.19. The van der Waals surface area contributed by atoms with Crippen LogP contribution >= 0.6 is 23.4 Å². The maximum atomic E-state index is 12.9. The lowest BCUT2D eigenvalue weighted by atomic mass is 10.00. The Labute approximate surface area is 191 Å². The fourth-order valence-electron chi connectivity index (χ4n) is 3.54. The van der Waals surface area contributed by atoms with Crippen molar-refractivity contribution in [2.24, 2.45) is 0 Å². The summed E-state index contributed by atoms with van der Waals surface area (Å²) in [5, 5.41) is 5.46. The first kappa shape index (κ1) is 21.4. The van der Waals surface area contributed by atoms with E-state index < -0.39 is 0 Å². The van der Waals surface area contributed by atoms with Gasteiger partial charge in [0.15, 0.2) is 0 Å². The second-order valence-electron chi connectivity index (χ2n) is 7.29. The van der Waals surface area contributed by atoms with Gasteiger partial charge in [0.05, 0.1) is 5.69 Å². The van der Waals surface area contributed by atoms with E-state index in [4.69, 9.17) is 16.7 Å². The molecule has 0 radical (unpaired) electrons. The summed E-state index contributed by atoms with van der Waals surface area (Å²) in [5.41, 5.74) is 4.70. The van der Waals surface area contributed by atoms with Crippen molar-refractivity contribution in [1.29, 1.82) is 0 Å². The predicted molar refractivity (Wildman–Crippen MR) is 131 cm³/mol. The van der Waals surface area contributed by atoms with Crippen molar-refractivity contribution in [2.45, 2.75) is 24.3 Å². The first-order chi connectivity index (χ1) is 15.1. The zero-order valence-electron chi connectivity index (χ0n) is 17.3. The van der Waals surface area contributed by atoms with Gasteiger partial charge in [-0.2, -0.15) is 5.10 Å². The molecule has 156 valence electrons. The number of thioether (sulfide) groups is 1. The molecule has 0 aliphatic carbocycles. The Balaban J connectivity index is 1.70. The number of hydrogen-bond donors (Lipinski definition) is 0. The molecule has 4 aromatic rings. The predicted octanol–water partition coefficient (Wildman–Crippen LogP) is 6.59. The lowest BCUT2D eigenvalue weighted by Crippen LogP contribution is -2.23. The summed E-state index contributed by atoms with van der Waals surface area (Å²) < 4.78 is 1.58. The van der Waals surface area contributed by atoms with Crippen LogP contribution in [0.4, 0.5) is 0 Å². The van der Waals surface area contributed by atoms with Crippen LogP contribution in [0.1, 0.15) is 12.0 Å². The Bertz CT molecular complexity index is 1200. The molecule has 0 spiro atoms. The molecule has 0 atom stereocenters. The SMILES string of the molecule is CSc1ccc(-c2nn(CCCc3ccccc3)c(=O)cc2-c2ccc(Cl)cc2)cc1. The number of aryl methyl sites for hydroxylation is 2. The molecule has 3 aromatic carbocycles. The Morgan fingerprint density at radius 3 is 2.26 bits per heavy atom. The number of benzene rings is 3. The highest BCUT2D eigenvalue weighted by atomic mass is 35.5. The summed E-state index contributed by atoms with van der Waals surface area (Å²) in [6, 6.07) is 27.8. The molecule has 1 heterocycles. The second-order valence-corrected chi connectivity index (χ2v) is 8.61. The zero-order chi connectivity index (χ0) is 21.6. The lowest BCUT2D eigenvalue weighted by Gasteiger charge is -2.13. The molecule has 0 aliphatic heterocycles. The van der Waals surface area contributed by atoms with Crippen LogP contribution in [0.15, 0.2) is 94.6 Å². The van der Waals surface area contributed by atoms with Crippen molar-refractivity contribution in [3.8, 4) is 22.4 Å². The van der Waals surface area contributed by atoms with Gasteiger partial charge < -0.3 is 0 Å². The van der Waals surface area contributed by atoms with Crippen LogP contribution in [0.5, 0.6) is 0 Å². The van der Waals surface area contributed by atoms with E-state index in [9.17, 15) is 4.79 Å². The number of nitrogens with zero attached hydrogens (tertiary/aromatic N) is 2. The van der Waals surface area contributed by atoms with Gasteiger partial charge in [0.25, 0.3) is 5.56 Å². The van der Waals surface area contributed by atoms with Gasteiger partial charge in [-0.3, -0.25) is 4.79 Å². The van der Waals surface area contributed by atoms with E-state index in [0.29, 0.717) is 11.6 Å². The summed E-state index contributed by atoms with van der Waals surface area (Å²) in [5.74, 6) is 0. The van der Waals surface area contributed by atoms with Gasteiger partial charge in [0.2, 0.25) is 0 Å². The maximum Gasteiger partial charge on any atom is 0.267 e. The van der Waals surface area contributed by atoms with Gasteiger partial charge in [-0.1, -0.05) is 66.2 Å². The van der Waals surface area contributed by atoms with E-state index >= 15 is 0 Å². The van der Waals surface area contributed by atoms with Crippen LogP contribution in [-0.4, -0.2) is 16.0 Å². The smallest absolute Gasteiger partial charge is 0.267 e. The van der Waals surface area contributed by atoms with Crippen molar-refractivity contribution >= 4 is 23.4 Å². The topological polar surface area (TPSA) is 34.9 Å². The minimum Gasteiger partial charge on any atom is -0.268 e. The molecule has 0 unspecified atom stereocenters. The van der Waals surface area contributed by atoms with E-state index in [1.807, 2.05) is 42.5 Å². The molecule has 0 N–H and O–H groups in total. The van der Waals surface area contributed by atoms with Gasteiger partial charge in [0.1, 0.15) is 0 Å². The average Bonchev–Trinajstić information content (AvgIpc) is 2.81. The Morgan fingerprint density at radius 2 is 1.58 bits per heavy atom. The molecule has 0 bridgehead atoms. The number of hydrogen-bond acceptors (Lipinski definition) is 3. The van der Waals surface area contributed by atoms with Crippen LogP contribution in [0.3, 0.4) is 0 Å². The van der Waals surface area contributed by atoms with Crippen molar-refractivity contribution in [2.75, 3.05) is 6.26 Å². The molecule has 31 heavy (non-hydrogen) atoms. The molecule has 0 fully saturated rings. The third kappa shape index (κ3) is 5.27. The molecule has 4 rings (SSSR count). The fraction of sp³-hybridized carbons (Fsp3) is 0.154.